The van der Waals surface area contributed by atoms with Crippen LogP contribution in [0.2, 0.25) is 0 Å². The number of aryl methyl sites for hydroxylation is 1. The van der Waals surface area contributed by atoms with E-state index in [1.54, 1.807) is 37.8 Å². The van der Waals surface area contributed by atoms with Crippen LogP contribution >= 0.6 is 0 Å². The Morgan fingerprint density at radius 2 is 1.73 bits per heavy atom. The molecule has 0 saturated carbocycles. The standard InChI is InChI=1S/C29H34F2N4O5/c1-17(2)24(32-25(36)21-14-18(3)6-9-22(21)30)26(37)34-12-10-29(11-13-34)27(38)33(4)28(39)35(29)16-19-7-8-20(40-5)15-23(19)31/h6-9,14-15,17,24H,10-13,16H2,1-5H3,(H,32,36)/t24-/m1/s1. The fourth-order valence-electron chi connectivity index (χ4n) is 5.37. The van der Waals surface area contributed by atoms with E-state index in [4.69, 9.17) is 4.74 Å². The zero-order chi connectivity index (χ0) is 29.4. The van der Waals surface area contributed by atoms with Crippen molar-refractivity contribution >= 4 is 23.8 Å². The number of piperidine rings is 1. The molecule has 2 aromatic rings. The minimum Gasteiger partial charge on any atom is -0.497 e. The Morgan fingerprint density at radius 3 is 2.33 bits per heavy atom. The Bertz CT molecular complexity index is 1340. The summed E-state index contributed by atoms with van der Waals surface area (Å²) in [6.45, 7) is 5.46. The van der Waals surface area contributed by atoms with Gasteiger partial charge in [0.1, 0.15) is 29.0 Å². The van der Waals surface area contributed by atoms with Crippen molar-refractivity contribution in [1.29, 1.82) is 0 Å². The lowest BCUT2D eigenvalue weighted by Crippen LogP contribution is -2.60. The van der Waals surface area contributed by atoms with Gasteiger partial charge in [0.15, 0.2) is 0 Å². The second-order valence-electron chi connectivity index (χ2n) is 10.7. The van der Waals surface area contributed by atoms with Crippen molar-refractivity contribution in [3.05, 3.63) is 64.7 Å². The van der Waals surface area contributed by atoms with Crippen molar-refractivity contribution in [3.8, 4) is 5.75 Å². The number of carbonyl (C=O) groups is 4. The molecule has 9 nitrogen and oxygen atoms in total. The van der Waals surface area contributed by atoms with E-state index in [0.717, 1.165) is 4.90 Å². The van der Waals surface area contributed by atoms with Crippen molar-refractivity contribution in [1.82, 2.24) is 20.0 Å². The molecule has 40 heavy (non-hydrogen) atoms. The monoisotopic (exact) mass is 556 g/mol. The number of nitrogens with one attached hydrogen (secondary N) is 1. The molecule has 2 aliphatic rings. The molecular formula is C29H34F2N4O5. The number of methoxy groups -OCH3 is 1. The molecule has 2 heterocycles. The molecule has 11 heteroatoms. The number of urea groups is 1. The molecule has 2 saturated heterocycles. The number of imide groups is 1. The summed E-state index contributed by atoms with van der Waals surface area (Å²) in [6, 6.07) is 7.06. The van der Waals surface area contributed by atoms with Crippen molar-refractivity contribution < 1.29 is 32.7 Å². The first kappa shape index (κ1) is 29.0. The van der Waals surface area contributed by atoms with Gasteiger partial charge < -0.3 is 19.9 Å². The average molecular weight is 557 g/mol. The first-order valence-corrected chi connectivity index (χ1v) is 13.2. The number of nitrogens with zero attached hydrogens (tertiary/aromatic N) is 3. The van der Waals surface area contributed by atoms with Gasteiger partial charge in [0.05, 0.1) is 19.2 Å². The zero-order valence-corrected chi connectivity index (χ0v) is 23.3. The summed E-state index contributed by atoms with van der Waals surface area (Å²) in [6.07, 6.45) is 0.299. The lowest BCUT2D eigenvalue weighted by molar-refractivity contribution is -0.142. The first-order chi connectivity index (χ1) is 18.9. The summed E-state index contributed by atoms with van der Waals surface area (Å²) in [5.41, 5.74) is -0.423. The number of halogens is 2. The molecule has 0 radical (unpaired) electrons. The van der Waals surface area contributed by atoms with Crippen LogP contribution in [0.15, 0.2) is 36.4 Å². The maximum Gasteiger partial charge on any atom is 0.327 e. The Morgan fingerprint density at radius 1 is 1.05 bits per heavy atom. The summed E-state index contributed by atoms with van der Waals surface area (Å²) in [5, 5.41) is 2.68. The van der Waals surface area contributed by atoms with Crippen LogP contribution in [0.25, 0.3) is 0 Å². The first-order valence-electron chi connectivity index (χ1n) is 13.2. The van der Waals surface area contributed by atoms with Gasteiger partial charge in [-0.3, -0.25) is 19.3 Å². The number of carbonyl (C=O) groups excluding carboxylic acids is 4. The number of likely N-dealkylation sites (N-methyl/N-ethyl adjacent to an activating group) is 1. The number of ether oxygens (including phenoxy) is 1. The largest absolute Gasteiger partial charge is 0.497 e. The lowest BCUT2D eigenvalue weighted by atomic mass is 9.85. The second kappa shape index (κ2) is 11.2. The number of rotatable bonds is 7. The highest BCUT2D eigenvalue weighted by molar-refractivity contribution is 6.07. The van der Waals surface area contributed by atoms with Crippen molar-refractivity contribution in [2.75, 3.05) is 27.2 Å². The summed E-state index contributed by atoms with van der Waals surface area (Å²) in [7, 11) is 2.81. The van der Waals surface area contributed by atoms with E-state index >= 15 is 0 Å². The molecule has 1 spiro atoms. The Kier molecular flexibility index (Phi) is 8.13. The number of benzene rings is 2. The molecule has 5 amide bonds. The van der Waals surface area contributed by atoms with E-state index in [1.807, 2.05) is 0 Å². The van der Waals surface area contributed by atoms with Crippen LogP contribution in [0.1, 0.15) is 48.2 Å². The van der Waals surface area contributed by atoms with Crippen molar-refractivity contribution in [2.24, 2.45) is 5.92 Å². The van der Waals surface area contributed by atoms with Crippen LogP contribution in [0, 0.1) is 24.5 Å². The van der Waals surface area contributed by atoms with E-state index in [0.29, 0.717) is 11.3 Å². The van der Waals surface area contributed by atoms with E-state index in [2.05, 4.69) is 5.32 Å². The minimum atomic E-state index is -1.23. The molecule has 214 valence electrons. The Labute approximate surface area is 232 Å². The van der Waals surface area contributed by atoms with E-state index in [9.17, 15) is 28.0 Å². The lowest BCUT2D eigenvalue weighted by Gasteiger charge is -2.43. The third-order valence-corrected chi connectivity index (χ3v) is 7.81. The fourth-order valence-corrected chi connectivity index (χ4v) is 5.37. The molecule has 2 fully saturated rings. The van der Waals surface area contributed by atoms with Crippen LogP contribution in [0.4, 0.5) is 13.6 Å². The van der Waals surface area contributed by atoms with Crippen LogP contribution in [0.5, 0.6) is 5.75 Å². The molecule has 2 aliphatic heterocycles. The SMILES string of the molecule is COc1ccc(CN2C(=O)N(C)C(=O)C23CCN(C(=O)[C@H](NC(=O)c2cc(C)ccc2F)C(C)C)CC3)c(F)c1. The molecule has 1 N–H and O–H groups in total. The van der Waals surface area contributed by atoms with Gasteiger partial charge in [-0.1, -0.05) is 31.5 Å². The molecule has 0 aliphatic carbocycles. The molecule has 0 bridgehead atoms. The number of hydrogen-bond donors (Lipinski definition) is 1. The van der Waals surface area contributed by atoms with E-state index < -0.39 is 41.1 Å². The van der Waals surface area contributed by atoms with Gasteiger partial charge >= 0.3 is 6.03 Å². The third-order valence-electron chi connectivity index (χ3n) is 7.81. The van der Waals surface area contributed by atoms with Crippen molar-refractivity contribution in [3.63, 3.8) is 0 Å². The highest BCUT2D eigenvalue weighted by Gasteiger charge is 2.57. The fraction of sp³-hybridized carbons (Fsp3) is 0.448. The summed E-state index contributed by atoms with van der Waals surface area (Å²) >= 11 is 0. The third kappa shape index (κ3) is 5.24. The summed E-state index contributed by atoms with van der Waals surface area (Å²) < 4.78 is 34.1. The maximum absolute atomic E-state index is 14.7. The second-order valence-corrected chi connectivity index (χ2v) is 10.7. The molecule has 2 aromatic carbocycles. The Hall–Kier alpha value is -4.02. The van der Waals surface area contributed by atoms with Gasteiger partial charge in [-0.05, 0) is 43.9 Å². The van der Waals surface area contributed by atoms with Crippen LogP contribution < -0.4 is 10.1 Å². The van der Waals surface area contributed by atoms with Gasteiger partial charge in [-0.25, -0.2) is 13.6 Å². The molecule has 1 atom stereocenters. The molecule has 0 aromatic heterocycles. The average Bonchev–Trinajstić information content (AvgIpc) is 3.09. The quantitative estimate of drug-likeness (QED) is 0.527. The topological polar surface area (TPSA) is 99.3 Å². The van der Waals surface area contributed by atoms with Crippen LogP contribution in [0.3, 0.4) is 0 Å². The Balaban J connectivity index is 1.51. The van der Waals surface area contributed by atoms with Crippen molar-refractivity contribution in [2.45, 2.75) is 51.7 Å². The number of hydrogen-bond acceptors (Lipinski definition) is 5. The predicted octanol–water partition coefficient (Wildman–Crippen LogP) is 3.49. The van der Waals surface area contributed by atoms with Gasteiger partial charge in [-0.15, -0.1) is 0 Å². The van der Waals surface area contributed by atoms with E-state index in [1.165, 1.54) is 43.3 Å². The minimum absolute atomic E-state index is 0.120. The normalized spacial score (nSPS) is 17.6. The summed E-state index contributed by atoms with van der Waals surface area (Å²) in [4.78, 5) is 56.7. The van der Waals surface area contributed by atoms with Crippen LogP contribution in [-0.2, 0) is 16.1 Å². The molecular weight excluding hydrogens is 522 g/mol. The maximum atomic E-state index is 14.7. The zero-order valence-electron chi connectivity index (χ0n) is 23.3. The molecule has 4 rings (SSSR count). The van der Waals surface area contributed by atoms with Gasteiger partial charge in [-0.2, -0.15) is 0 Å². The highest BCUT2D eigenvalue weighted by Crippen LogP contribution is 2.38. The predicted molar refractivity (Wildman–Crippen MR) is 142 cm³/mol. The van der Waals surface area contributed by atoms with Crippen LogP contribution in [-0.4, -0.2) is 77.3 Å². The molecule has 0 unspecified atom stereocenters. The van der Waals surface area contributed by atoms with Gasteiger partial charge in [0.25, 0.3) is 11.8 Å². The highest BCUT2D eigenvalue weighted by atomic mass is 19.1. The van der Waals surface area contributed by atoms with Gasteiger partial charge in [0, 0.05) is 31.8 Å². The van der Waals surface area contributed by atoms with Gasteiger partial charge in [0.2, 0.25) is 5.91 Å². The number of likely N-dealkylation sites (tertiary alicyclic amines) is 1. The van der Waals surface area contributed by atoms with E-state index in [-0.39, 0.29) is 55.4 Å². The summed E-state index contributed by atoms with van der Waals surface area (Å²) in [5.74, 6) is -2.65. The number of amides is 5. The smallest absolute Gasteiger partial charge is 0.327 e.